The van der Waals surface area contributed by atoms with Gasteiger partial charge in [-0.05, 0) is 42.3 Å². The molecule has 2 aliphatic heterocycles. The number of nitrogens with two attached hydrogens (primary N) is 1. The molecule has 2 saturated heterocycles. The first-order valence-electron chi connectivity index (χ1n) is 9.36. The lowest BCUT2D eigenvalue weighted by Gasteiger charge is -2.27. The molecule has 2 aromatic rings. The number of hydrogen-bond donors (Lipinski definition) is 1. The monoisotopic (exact) mass is 382 g/mol. The zero-order valence-corrected chi connectivity index (χ0v) is 16.0. The second kappa shape index (κ2) is 7.82. The van der Waals surface area contributed by atoms with E-state index in [1.807, 2.05) is 39.9 Å². The summed E-state index contributed by atoms with van der Waals surface area (Å²) in [4.78, 5) is 28.9. The van der Waals surface area contributed by atoms with Crippen LogP contribution in [-0.2, 0) is 4.79 Å². The first-order chi connectivity index (χ1) is 13.1. The van der Waals surface area contributed by atoms with Crippen molar-refractivity contribution in [2.24, 2.45) is 17.6 Å². The molecular formula is C21H24N3O2S. The van der Waals surface area contributed by atoms with Crippen molar-refractivity contribution in [3.8, 4) is 0 Å². The Morgan fingerprint density at radius 1 is 1.15 bits per heavy atom. The largest absolute Gasteiger partial charge is 0.368 e. The van der Waals surface area contributed by atoms with Gasteiger partial charge in [0.15, 0.2) is 0 Å². The third-order valence-electron chi connectivity index (χ3n) is 5.70. The van der Waals surface area contributed by atoms with Crippen molar-refractivity contribution in [3.05, 3.63) is 64.7 Å². The predicted molar refractivity (Wildman–Crippen MR) is 106 cm³/mol. The summed E-state index contributed by atoms with van der Waals surface area (Å²) in [5.74, 6) is 0.258. The molecular weight excluding hydrogens is 358 g/mol. The molecule has 2 amide bonds. The zero-order valence-electron chi connectivity index (χ0n) is 15.2. The van der Waals surface area contributed by atoms with Crippen LogP contribution in [0.4, 0.5) is 0 Å². The van der Waals surface area contributed by atoms with Gasteiger partial charge in [-0.2, -0.15) is 11.3 Å². The summed E-state index contributed by atoms with van der Waals surface area (Å²) in [6.07, 6.45) is 3.07. The van der Waals surface area contributed by atoms with Crippen molar-refractivity contribution in [2.75, 3.05) is 26.2 Å². The van der Waals surface area contributed by atoms with Gasteiger partial charge in [-0.3, -0.25) is 14.5 Å². The molecule has 1 aromatic carbocycles. The molecule has 3 atom stereocenters. The molecule has 5 nitrogen and oxygen atoms in total. The van der Waals surface area contributed by atoms with Crippen molar-refractivity contribution in [2.45, 2.75) is 12.5 Å². The lowest BCUT2D eigenvalue weighted by Crippen LogP contribution is -2.46. The lowest BCUT2D eigenvalue weighted by molar-refractivity contribution is -0.123. The Morgan fingerprint density at radius 3 is 2.67 bits per heavy atom. The topological polar surface area (TPSA) is 66.6 Å². The van der Waals surface area contributed by atoms with E-state index >= 15 is 0 Å². The van der Waals surface area contributed by atoms with E-state index in [1.54, 1.807) is 0 Å². The highest BCUT2D eigenvalue weighted by molar-refractivity contribution is 7.08. The predicted octanol–water partition coefficient (Wildman–Crippen LogP) is 2.25. The van der Waals surface area contributed by atoms with Crippen LogP contribution >= 0.6 is 11.3 Å². The van der Waals surface area contributed by atoms with Crippen molar-refractivity contribution >= 4 is 23.2 Å². The Kier molecular flexibility index (Phi) is 5.27. The summed E-state index contributed by atoms with van der Waals surface area (Å²) in [5, 5.41) is 3.80. The molecule has 6 heteroatoms. The second-order valence-electron chi connectivity index (χ2n) is 7.39. The van der Waals surface area contributed by atoms with Crippen molar-refractivity contribution in [1.82, 2.24) is 9.80 Å². The number of primary amides is 1. The maximum atomic E-state index is 12.6. The number of likely N-dealkylation sites (tertiary alicyclic amines) is 2. The fourth-order valence-electron chi connectivity index (χ4n) is 4.47. The van der Waals surface area contributed by atoms with Gasteiger partial charge in [0.1, 0.15) is 0 Å². The Balaban J connectivity index is 1.37. The van der Waals surface area contributed by atoms with E-state index < -0.39 is 0 Å². The third kappa shape index (κ3) is 3.77. The maximum Gasteiger partial charge on any atom is 0.254 e. The van der Waals surface area contributed by atoms with E-state index in [9.17, 15) is 9.59 Å². The van der Waals surface area contributed by atoms with Gasteiger partial charge >= 0.3 is 0 Å². The number of thiophene rings is 1. The Labute approximate surface area is 163 Å². The minimum absolute atomic E-state index is 0.0674. The average molecular weight is 383 g/mol. The van der Waals surface area contributed by atoms with Crippen molar-refractivity contribution < 1.29 is 9.59 Å². The minimum atomic E-state index is -0.278. The molecule has 4 rings (SSSR count). The summed E-state index contributed by atoms with van der Waals surface area (Å²) < 4.78 is 0. The summed E-state index contributed by atoms with van der Waals surface area (Å²) >= 11 is 1.53. The molecule has 1 aromatic heterocycles. The van der Waals surface area contributed by atoms with Crippen LogP contribution in [0.1, 0.15) is 22.3 Å². The number of benzene rings is 1. The van der Waals surface area contributed by atoms with Crippen LogP contribution in [0.3, 0.4) is 0 Å². The van der Waals surface area contributed by atoms with Crippen LogP contribution in [-0.4, -0.2) is 53.8 Å². The fourth-order valence-corrected chi connectivity index (χ4v) is 5.10. The molecule has 0 spiro atoms. The van der Waals surface area contributed by atoms with E-state index in [0.29, 0.717) is 19.0 Å². The van der Waals surface area contributed by atoms with Crippen molar-refractivity contribution in [3.63, 3.8) is 0 Å². The van der Waals surface area contributed by atoms with Gasteiger partial charge in [0.05, 0.1) is 11.6 Å². The van der Waals surface area contributed by atoms with Gasteiger partial charge in [0.2, 0.25) is 5.91 Å². The first-order valence-corrected chi connectivity index (χ1v) is 10.3. The molecule has 1 radical (unpaired) electrons. The van der Waals surface area contributed by atoms with E-state index in [2.05, 4.69) is 23.5 Å². The number of carbonyl (C=O) groups is 2. The van der Waals surface area contributed by atoms with E-state index in [0.717, 1.165) is 25.1 Å². The molecule has 141 valence electrons. The maximum absolute atomic E-state index is 12.6. The number of hydrogen-bond acceptors (Lipinski definition) is 4. The molecule has 2 fully saturated rings. The molecule has 2 N–H and O–H groups in total. The van der Waals surface area contributed by atoms with Gasteiger partial charge in [-0.15, -0.1) is 0 Å². The zero-order chi connectivity index (χ0) is 18.8. The number of fused-ring (bicyclic) bond motifs is 1. The van der Waals surface area contributed by atoms with Gasteiger partial charge in [-0.1, -0.05) is 30.3 Å². The van der Waals surface area contributed by atoms with E-state index in [-0.39, 0.29) is 23.8 Å². The minimum Gasteiger partial charge on any atom is -0.368 e. The normalized spacial score (nSPS) is 24.9. The Morgan fingerprint density at radius 2 is 1.96 bits per heavy atom. The highest BCUT2D eigenvalue weighted by Crippen LogP contribution is 2.37. The molecule has 0 aliphatic carbocycles. The third-order valence-corrected chi connectivity index (χ3v) is 6.39. The summed E-state index contributed by atoms with van der Waals surface area (Å²) in [7, 11) is 0. The fraction of sp³-hybridized carbons (Fsp3) is 0.381. The van der Waals surface area contributed by atoms with Crippen LogP contribution in [0.25, 0.3) is 0 Å². The molecule has 27 heavy (non-hydrogen) atoms. The van der Waals surface area contributed by atoms with Gasteiger partial charge in [-0.25, -0.2) is 0 Å². The highest BCUT2D eigenvalue weighted by Gasteiger charge is 2.50. The highest BCUT2D eigenvalue weighted by atomic mass is 32.1. The van der Waals surface area contributed by atoms with E-state index in [1.165, 1.54) is 16.9 Å². The standard InChI is InChI=1S/C21H24N3O2S/c22-20(25)19-18-13-24(21(26)16-8-10-27-14-16)12-17(18)11-23(19)9-4-7-15-5-2-1-3-6-15/h1-3,5-8,10,14,17-19H,4,9,11-13H2,(H2,22,25)/t17?,18-,19?/m1/s1. The molecule has 0 saturated carbocycles. The number of rotatable bonds is 6. The van der Waals surface area contributed by atoms with Gasteiger partial charge < -0.3 is 10.6 Å². The van der Waals surface area contributed by atoms with Gasteiger partial charge in [0.25, 0.3) is 5.91 Å². The summed E-state index contributed by atoms with van der Waals surface area (Å²) in [6, 6.07) is 11.8. The quantitative estimate of drug-likeness (QED) is 0.833. The summed E-state index contributed by atoms with van der Waals surface area (Å²) in [5.41, 5.74) is 7.69. The van der Waals surface area contributed by atoms with Crippen LogP contribution in [0.2, 0.25) is 0 Å². The van der Waals surface area contributed by atoms with Gasteiger partial charge in [0, 0.05) is 30.9 Å². The van der Waals surface area contributed by atoms with Crippen molar-refractivity contribution in [1.29, 1.82) is 0 Å². The lowest BCUT2D eigenvalue weighted by atomic mass is 9.94. The van der Waals surface area contributed by atoms with Crippen LogP contribution in [0, 0.1) is 18.3 Å². The van der Waals surface area contributed by atoms with Crippen LogP contribution < -0.4 is 5.73 Å². The Hall–Kier alpha value is -2.18. The molecule has 3 heterocycles. The van der Waals surface area contributed by atoms with Crippen LogP contribution in [0.5, 0.6) is 0 Å². The number of carbonyl (C=O) groups excluding carboxylic acids is 2. The smallest absolute Gasteiger partial charge is 0.254 e. The molecule has 0 bridgehead atoms. The number of nitrogens with zero attached hydrogens (tertiary/aromatic N) is 2. The first kappa shape index (κ1) is 18.2. The SMILES string of the molecule is NC(=O)C1[C@@H]2CN(C(=O)c3ccsc3)CC2CN1CC[CH]c1ccccc1. The van der Waals surface area contributed by atoms with Crippen LogP contribution in [0.15, 0.2) is 47.2 Å². The Bertz CT molecular complexity index is 793. The number of amides is 2. The second-order valence-corrected chi connectivity index (χ2v) is 8.17. The average Bonchev–Trinajstić information content (AvgIpc) is 3.37. The summed E-state index contributed by atoms with van der Waals surface area (Å²) in [6.45, 7) is 2.97. The molecule has 2 unspecified atom stereocenters. The van der Waals surface area contributed by atoms with E-state index in [4.69, 9.17) is 5.73 Å². The molecule has 2 aliphatic rings.